The van der Waals surface area contributed by atoms with Crippen molar-refractivity contribution in [1.29, 1.82) is 0 Å². The highest BCUT2D eigenvalue weighted by Gasteiger charge is 2.26. The second-order valence-corrected chi connectivity index (χ2v) is 7.55. The third-order valence-electron chi connectivity index (χ3n) is 2.80. The van der Waals surface area contributed by atoms with Gasteiger partial charge in [0.25, 0.3) is 0 Å². The van der Waals surface area contributed by atoms with Crippen LogP contribution in [0.25, 0.3) is 0 Å². The molecule has 2 atom stereocenters. The number of rotatable bonds is 3. The SMILES string of the molecule is CC(C)c1ccc(C2SCC(CCl)S2)cc1. The fourth-order valence-electron chi connectivity index (χ4n) is 1.74. The third-order valence-corrected chi connectivity index (χ3v) is 6.71. The molecule has 0 radical (unpaired) electrons. The summed E-state index contributed by atoms with van der Waals surface area (Å²) in [6.07, 6.45) is 0. The maximum Gasteiger partial charge on any atom is 0.0755 e. The van der Waals surface area contributed by atoms with E-state index in [-0.39, 0.29) is 0 Å². The summed E-state index contributed by atoms with van der Waals surface area (Å²) in [4.78, 5) is 0. The van der Waals surface area contributed by atoms with Crippen LogP contribution in [0.3, 0.4) is 0 Å². The lowest BCUT2D eigenvalue weighted by atomic mass is 10.0. The van der Waals surface area contributed by atoms with Crippen LogP contribution in [0.5, 0.6) is 0 Å². The van der Waals surface area contributed by atoms with Gasteiger partial charge in [-0.25, -0.2) is 0 Å². The van der Waals surface area contributed by atoms with Crippen molar-refractivity contribution in [3.05, 3.63) is 35.4 Å². The van der Waals surface area contributed by atoms with Crippen LogP contribution < -0.4 is 0 Å². The van der Waals surface area contributed by atoms with E-state index in [2.05, 4.69) is 38.1 Å². The summed E-state index contributed by atoms with van der Waals surface area (Å²) in [5.41, 5.74) is 2.86. The summed E-state index contributed by atoms with van der Waals surface area (Å²) in [5.74, 6) is 2.58. The van der Waals surface area contributed by atoms with Gasteiger partial charge < -0.3 is 0 Å². The van der Waals surface area contributed by atoms with E-state index in [0.717, 1.165) is 5.88 Å². The zero-order valence-corrected chi connectivity index (χ0v) is 12.0. The van der Waals surface area contributed by atoms with Gasteiger partial charge in [0.2, 0.25) is 0 Å². The van der Waals surface area contributed by atoms with Gasteiger partial charge in [-0.1, -0.05) is 38.1 Å². The average Bonchev–Trinajstić information content (AvgIpc) is 2.77. The second-order valence-electron chi connectivity index (χ2n) is 4.40. The van der Waals surface area contributed by atoms with Crippen molar-refractivity contribution in [3.63, 3.8) is 0 Å². The standard InChI is InChI=1S/C13H17ClS2/c1-9(2)10-3-5-11(6-4-10)13-15-8-12(7-14)16-13/h3-6,9,12-13H,7-8H2,1-2H3. The Balaban J connectivity index is 2.05. The highest BCUT2D eigenvalue weighted by Crippen LogP contribution is 2.49. The molecule has 3 heteroatoms. The molecule has 0 bridgehead atoms. The lowest BCUT2D eigenvalue weighted by Gasteiger charge is -2.11. The van der Waals surface area contributed by atoms with Crippen LogP contribution in [-0.2, 0) is 0 Å². The van der Waals surface area contributed by atoms with E-state index in [1.807, 2.05) is 23.5 Å². The molecule has 0 amide bonds. The fraction of sp³-hybridized carbons (Fsp3) is 0.538. The van der Waals surface area contributed by atoms with Crippen molar-refractivity contribution in [2.24, 2.45) is 0 Å². The monoisotopic (exact) mass is 272 g/mol. The molecule has 0 nitrogen and oxygen atoms in total. The number of alkyl halides is 1. The zero-order chi connectivity index (χ0) is 11.5. The first-order chi connectivity index (χ1) is 7.70. The van der Waals surface area contributed by atoms with Gasteiger partial charge in [0.1, 0.15) is 0 Å². The van der Waals surface area contributed by atoms with Crippen LogP contribution in [0.1, 0.15) is 35.5 Å². The molecule has 16 heavy (non-hydrogen) atoms. The molecule has 0 N–H and O–H groups in total. The van der Waals surface area contributed by atoms with Crippen LogP contribution in [0, 0.1) is 0 Å². The van der Waals surface area contributed by atoms with Crippen molar-refractivity contribution in [3.8, 4) is 0 Å². The van der Waals surface area contributed by atoms with Gasteiger partial charge in [0.15, 0.2) is 0 Å². The molecule has 1 saturated heterocycles. The minimum Gasteiger partial charge on any atom is -0.142 e. The topological polar surface area (TPSA) is 0 Å². The van der Waals surface area contributed by atoms with Crippen LogP contribution in [0.4, 0.5) is 0 Å². The molecule has 1 fully saturated rings. The minimum atomic E-state index is 0.588. The van der Waals surface area contributed by atoms with Crippen molar-refractivity contribution in [2.45, 2.75) is 29.6 Å². The van der Waals surface area contributed by atoms with E-state index in [0.29, 0.717) is 15.7 Å². The molecule has 2 unspecified atom stereocenters. The Morgan fingerprint density at radius 3 is 2.50 bits per heavy atom. The summed E-state index contributed by atoms with van der Waals surface area (Å²) in [7, 11) is 0. The largest absolute Gasteiger partial charge is 0.142 e. The van der Waals surface area contributed by atoms with Crippen LogP contribution in [0.15, 0.2) is 24.3 Å². The normalized spacial score (nSPS) is 25.2. The van der Waals surface area contributed by atoms with Crippen molar-refractivity contribution in [1.82, 2.24) is 0 Å². The summed E-state index contributed by atoms with van der Waals surface area (Å²) in [6.45, 7) is 4.47. The Kier molecular flexibility index (Phi) is 4.51. The maximum absolute atomic E-state index is 5.89. The molecule has 1 aromatic rings. The van der Waals surface area contributed by atoms with Gasteiger partial charge in [-0.2, -0.15) is 0 Å². The van der Waals surface area contributed by atoms with Gasteiger partial charge >= 0.3 is 0 Å². The summed E-state index contributed by atoms with van der Waals surface area (Å²) < 4.78 is 0.588. The quantitative estimate of drug-likeness (QED) is 0.718. The van der Waals surface area contributed by atoms with Crippen LogP contribution in [-0.4, -0.2) is 16.9 Å². The molecule has 1 aliphatic heterocycles. The maximum atomic E-state index is 5.89. The number of hydrogen-bond acceptors (Lipinski definition) is 2. The predicted molar refractivity (Wildman–Crippen MR) is 77.8 cm³/mol. The molecular weight excluding hydrogens is 256 g/mol. The molecule has 0 spiro atoms. The summed E-state index contributed by atoms with van der Waals surface area (Å²) in [6, 6.07) is 9.07. The van der Waals surface area contributed by atoms with Crippen molar-refractivity contribution in [2.75, 3.05) is 11.6 Å². The molecular formula is C13H17ClS2. The lowest BCUT2D eigenvalue weighted by Crippen LogP contribution is -2.01. The smallest absolute Gasteiger partial charge is 0.0755 e. The van der Waals surface area contributed by atoms with Gasteiger partial charge in [0, 0.05) is 16.9 Å². The Morgan fingerprint density at radius 2 is 2.00 bits per heavy atom. The summed E-state index contributed by atoms with van der Waals surface area (Å²) >= 11 is 9.92. The van der Waals surface area contributed by atoms with Crippen molar-refractivity contribution < 1.29 is 0 Å². The molecule has 1 aromatic carbocycles. The van der Waals surface area contributed by atoms with Gasteiger partial charge in [-0.05, 0) is 17.0 Å². The van der Waals surface area contributed by atoms with E-state index in [9.17, 15) is 0 Å². The first kappa shape index (κ1) is 12.7. The molecule has 2 rings (SSSR count). The fourth-order valence-corrected chi connectivity index (χ4v) is 5.36. The van der Waals surface area contributed by atoms with Crippen LogP contribution in [0.2, 0.25) is 0 Å². The van der Waals surface area contributed by atoms with E-state index in [1.165, 1.54) is 16.9 Å². The van der Waals surface area contributed by atoms with Crippen molar-refractivity contribution >= 4 is 35.1 Å². The Hall–Kier alpha value is 0.210. The van der Waals surface area contributed by atoms with Gasteiger partial charge in [0.05, 0.1) is 4.58 Å². The first-order valence-electron chi connectivity index (χ1n) is 5.63. The Bertz CT molecular complexity index is 334. The minimum absolute atomic E-state index is 0.588. The molecule has 0 aliphatic carbocycles. The first-order valence-corrected chi connectivity index (χ1v) is 8.16. The van der Waals surface area contributed by atoms with E-state index in [1.54, 1.807) is 0 Å². The zero-order valence-electron chi connectivity index (χ0n) is 9.65. The second kappa shape index (κ2) is 5.70. The molecule has 0 saturated carbocycles. The molecule has 1 heterocycles. The molecule has 88 valence electrons. The third kappa shape index (κ3) is 2.91. The summed E-state index contributed by atoms with van der Waals surface area (Å²) in [5, 5.41) is 0.626. The highest BCUT2D eigenvalue weighted by molar-refractivity contribution is 8.19. The van der Waals surface area contributed by atoms with Gasteiger partial charge in [-0.3, -0.25) is 0 Å². The van der Waals surface area contributed by atoms with E-state index >= 15 is 0 Å². The number of hydrogen-bond donors (Lipinski definition) is 0. The van der Waals surface area contributed by atoms with Crippen LogP contribution >= 0.6 is 35.1 Å². The number of halogens is 1. The highest BCUT2D eigenvalue weighted by atomic mass is 35.5. The van der Waals surface area contributed by atoms with E-state index in [4.69, 9.17) is 11.6 Å². The van der Waals surface area contributed by atoms with Gasteiger partial charge in [-0.15, -0.1) is 35.1 Å². The predicted octanol–water partition coefficient (Wildman–Crippen LogP) is 4.90. The number of thioether (sulfide) groups is 2. The number of benzene rings is 1. The Morgan fingerprint density at radius 1 is 1.31 bits per heavy atom. The van der Waals surface area contributed by atoms with E-state index < -0.39 is 0 Å². The molecule has 0 aromatic heterocycles. The molecule has 1 aliphatic rings. The average molecular weight is 273 g/mol. The Labute approximate surface area is 112 Å². The lowest BCUT2D eigenvalue weighted by molar-refractivity contribution is 0.866.